The maximum atomic E-state index is 12.5. The van der Waals surface area contributed by atoms with E-state index in [2.05, 4.69) is 5.32 Å². The molecule has 0 aliphatic heterocycles. The minimum atomic E-state index is -0.474. The number of hydrogen-bond acceptors (Lipinski definition) is 6. The number of nitriles is 1. The van der Waals surface area contributed by atoms with Crippen molar-refractivity contribution in [2.75, 3.05) is 11.9 Å². The van der Waals surface area contributed by atoms with Gasteiger partial charge >= 0.3 is 5.97 Å². The summed E-state index contributed by atoms with van der Waals surface area (Å²) in [6, 6.07) is 12.2. The maximum absolute atomic E-state index is 12.5. The Morgan fingerprint density at radius 1 is 1.23 bits per heavy atom. The maximum Gasteiger partial charge on any atom is 0.341 e. The molecule has 1 aromatic carbocycles. The molecule has 3 rings (SSSR count). The lowest BCUT2D eigenvalue weighted by molar-refractivity contribution is 0.0529. The third kappa shape index (κ3) is 3.67. The third-order valence-electron chi connectivity index (χ3n) is 3.54. The molecule has 130 valence electrons. The molecule has 0 aliphatic carbocycles. The summed E-state index contributed by atoms with van der Waals surface area (Å²) in [5, 5.41) is 15.9. The van der Waals surface area contributed by atoms with E-state index in [1.165, 1.54) is 28.7 Å². The van der Waals surface area contributed by atoms with E-state index in [0.29, 0.717) is 21.7 Å². The molecular formula is C19H14N2O3S2. The zero-order valence-corrected chi connectivity index (χ0v) is 15.4. The molecule has 1 N–H and O–H groups in total. The Morgan fingerprint density at radius 3 is 2.77 bits per heavy atom. The zero-order valence-electron chi connectivity index (χ0n) is 13.8. The lowest BCUT2D eigenvalue weighted by Gasteiger charge is -2.08. The minimum absolute atomic E-state index is 0.246. The quantitative estimate of drug-likeness (QED) is 0.644. The number of carbonyl (C=O) groups excluding carboxylic acids is 2. The zero-order chi connectivity index (χ0) is 18.5. The fraction of sp³-hybridized carbons (Fsp3) is 0.105. The number of amides is 1. The Morgan fingerprint density at radius 2 is 2.08 bits per heavy atom. The van der Waals surface area contributed by atoms with Crippen molar-refractivity contribution < 1.29 is 14.3 Å². The number of thiophene rings is 2. The molecule has 1 amide bonds. The molecule has 0 atom stereocenters. The molecule has 2 aromatic heterocycles. The van der Waals surface area contributed by atoms with Crippen molar-refractivity contribution in [3.8, 4) is 16.5 Å². The molecule has 5 nitrogen and oxygen atoms in total. The van der Waals surface area contributed by atoms with Gasteiger partial charge in [-0.15, -0.1) is 22.7 Å². The predicted molar refractivity (Wildman–Crippen MR) is 103 cm³/mol. The van der Waals surface area contributed by atoms with Gasteiger partial charge in [0.2, 0.25) is 0 Å². The first-order valence-corrected chi connectivity index (χ1v) is 9.54. The highest BCUT2D eigenvalue weighted by molar-refractivity contribution is 7.17. The van der Waals surface area contributed by atoms with Crippen molar-refractivity contribution in [2.24, 2.45) is 0 Å². The van der Waals surface area contributed by atoms with Crippen molar-refractivity contribution >= 4 is 39.6 Å². The molecule has 0 spiro atoms. The Kier molecular flexibility index (Phi) is 5.46. The minimum Gasteiger partial charge on any atom is -0.462 e. The molecule has 0 saturated carbocycles. The summed E-state index contributed by atoms with van der Waals surface area (Å²) < 4.78 is 5.17. The van der Waals surface area contributed by atoms with Crippen LogP contribution < -0.4 is 5.32 Å². The Bertz CT molecular complexity index is 985. The van der Waals surface area contributed by atoms with Crippen LogP contribution >= 0.6 is 22.7 Å². The first-order valence-electron chi connectivity index (χ1n) is 7.78. The summed E-state index contributed by atoms with van der Waals surface area (Å²) in [7, 11) is 0. The average Bonchev–Trinajstić information content (AvgIpc) is 3.31. The van der Waals surface area contributed by atoms with Crippen LogP contribution in [0.4, 0.5) is 5.00 Å². The third-order valence-corrected chi connectivity index (χ3v) is 5.34. The van der Waals surface area contributed by atoms with Gasteiger partial charge < -0.3 is 10.1 Å². The molecule has 2 heterocycles. The van der Waals surface area contributed by atoms with E-state index in [9.17, 15) is 9.59 Å². The van der Waals surface area contributed by atoms with Crippen molar-refractivity contribution in [3.63, 3.8) is 0 Å². The van der Waals surface area contributed by atoms with Crippen molar-refractivity contribution in [3.05, 3.63) is 63.8 Å². The number of ether oxygens (including phenoxy) is 1. The fourth-order valence-electron chi connectivity index (χ4n) is 2.37. The van der Waals surface area contributed by atoms with Crippen LogP contribution in [0.2, 0.25) is 0 Å². The van der Waals surface area contributed by atoms with Crippen LogP contribution in [0.1, 0.15) is 33.2 Å². The van der Waals surface area contributed by atoms with E-state index in [0.717, 1.165) is 10.4 Å². The van der Waals surface area contributed by atoms with E-state index < -0.39 is 5.97 Å². The van der Waals surface area contributed by atoms with Gasteiger partial charge in [0.05, 0.1) is 18.2 Å². The van der Waals surface area contributed by atoms with Crippen molar-refractivity contribution in [2.45, 2.75) is 6.92 Å². The van der Waals surface area contributed by atoms with Gasteiger partial charge in [-0.05, 0) is 36.6 Å². The van der Waals surface area contributed by atoms with Gasteiger partial charge in [0.15, 0.2) is 0 Å². The molecule has 3 aromatic rings. The predicted octanol–water partition coefficient (Wildman–Crippen LogP) is 4.78. The van der Waals surface area contributed by atoms with E-state index in [-0.39, 0.29) is 12.5 Å². The average molecular weight is 382 g/mol. The summed E-state index contributed by atoms with van der Waals surface area (Å²) in [6.45, 7) is 1.98. The van der Waals surface area contributed by atoms with E-state index in [4.69, 9.17) is 10.00 Å². The van der Waals surface area contributed by atoms with Gasteiger partial charge in [0.25, 0.3) is 5.91 Å². The topological polar surface area (TPSA) is 79.2 Å². The van der Waals surface area contributed by atoms with Gasteiger partial charge in [0, 0.05) is 21.4 Å². The second-order valence-electron chi connectivity index (χ2n) is 5.20. The van der Waals surface area contributed by atoms with Crippen LogP contribution in [-0.2, 0) is 4.74 Å². The standard InChI is InChI=1S/C19H14N2O3S2/c1-2-24-19(23)16-14(15-7-4-8-25-15)11-26-18(16)21-17(22)13-6-3-5-12(9-13)10-20/h3-9,11H,2H2,1H3,(H,21,22). The molecule has 0 radical (unpaired) electrons. The number of nitrogens with zero attached hydrogens (tertiary/aromatic N) is 1. The fourth-order valence-corrected chi connectivity index (χ4v) is 4.14. The number of rotatable bonds is 5. The van der Waals surface area contributed by atoms with Crippen LogP contribution in [0.5, 0.6) is 0 Å². The lowest BCUT2D eigenvalue weighted by atomic mass is 10.1. The van der Waals surface area contributed by atoms with E-state index in [1.807, 2.05) is 29.0 Å². The number of carbonyl (C=O) groups is 2. The summed E-state index contributed by atoms with van der Waals surface area (Å²) in [5.41, 5.74) is 1.84. The smallest absolute Gasteiger partial charge is 0.341 e. The van der Waals surface area contributed by atoms with Crippen LogP contribution in [0.3, 0.4) is 0 Å². The van der Waals surface area contributed by atoms with Crippen LogP contribution in [0.25, 0.3) is 10.4 Å². The molecule has 26 heavy (non-hydrogen) atoms. The summed E-state index contributed by atoms with van der Waals surface area (Å²) >= 11 is 2.78. The molecular weight excluding hydrogens is 368 g/mol. The normalized spacial score (nSPS) is 10.2. The highest BCUT2D eigenvalue weighted by atomic mass is 32.1. The highest BCUT2D eigenvalue weighted by Crippen LogP contribution is 2.38. The van der Waals surface area contributed by atoms with Gasteiger partial charge in [-0.2, -0.15) is 5.26 Å². The second kappa shape index (κ2) is 7.95. The Labute approximate surface area is 158 Å². The monoisotopic (exact) mass is 382 g/mol. The van der Waals surface area contributed by atoms with Gasteiger partial charge in [-0.1, -0.05) is 12.1 Å². The first kappa shape index (κ1) is 17.9. The number of hydrogen-bond donors (Lipinski definition) is 1. The Hall–Kier alpha value is -2.95. The molecule has 0 unspecified atom stereocenters. The summed E-state index contributed by atoms with van der Waals surface area (Å²) in [5.74, 6) is -0.856. The van der Waals surface area contributed by atoms with Gasteiger partial charge in [-0.3, -0.25) is 4.79 Å². The number of esters is 1. The number of nitrogens with one attached hydrogen (secondary N) is 1. The number of anilines is 1. The lowest BCUT2D eigenvalue weighted by Crippen LogP contribution is -2.14. The molecule has 0 aliphatic rings. The van der Waals surface area contributed by atoms with Gasteiger partial charge in [0.1, 0.15) is 10.6 Å². The number of benzene rings is 1. The van der Waals surface area contributed by atoms with Crippen molar-refractivity contribution in [1.82, 2.24) is 0 Å². The summed E-state index contributed by atoms with van der Waals surface area (Å²) in [4.78, 5) is 25.9. The Balaban J connectivity index is 1.95. The second-order valence-corrected chi connectivity index (χ2v) is 7.03. The summed E-state index contributed by atoms with van der Waals surface area (Å²) in [6.07, 6.45) is 0. The molecule has 0 saturated heterocycles. The van der Waals surface area contributed by atoms with Crippen LogP contribution in [0.15, 0.2) is 47.2 Å². The first-order chi connectivity index (χ1) is 12.6. The van der Waals surface area contributed by atoms with Crippen molar-refractivity contribution in [1.29, 1.82) is 5.26 Å². The SMILES string of the molecule is CCOC(=O)c1c(-c2cccs2)csc1NC(=O)c1cccc(C#N)c1. The molecule has 0 fully saturated rings. The van der Waals surface area contributed by atoms with Crippen LogP contribution in [-0.4, -0.2) is 18.5 Å². The van der Waals surface area contributed by atoms with E-state index in [1.54, 1.807) is 25.1 Å². The largest absolute Gasteiger partial charge is 0.462 e. The van der Waals surface area contributed by atoms with Crippen LogP contribution in [0, 0.1) is 11.3 Å². The molecule has 7 heteroatoms. The van der Waals surface area contributed by atoms with Gasteiger partial charge in [-0.25, -0.2) is 4.79 Å². The highest BCUT2D eigenvalue weighted by Gasteiger charge is 2.23. The molecule has 0 bridgehead atoms. The van der Waals surface area contributed by atoms with E-state index >= 15 is 0 Å².